The summed E-state index contributed by atoms with van der Waals surface area (Å²) in [6.07, 6.45) is -0.169. The molecule has 0 bridgehead atoms. The number of nitrogens with one attached hydrogen (secondary N) is 1. The van der Waals surface area contributed by atoms with Crippen molar-refractivity contribution in [3.8, 4) is 17.2 Å². The van der Waals surface area contributed by atoms with Crippen LogP contribution in [0.1, 0.15) is 30.6 Å². The summed E-state index contributed by atoms with van der Waals surface area (Å²) in [7, 11) is -0.764. The maximum absolute atomic E-state index is 12.6. The van der Waals surface area contributed by atoms with Gasteiger partial charge >= 0.3 is 0 Å². The van der Waals surface area contributed by atoms with E-state index >= 15 is 0 Å². The highest BCUT2D eigenvalue weighted by Crippen LogP contribution is 2.30. The quantitative estimate of drug-likeness (QED) is 0.627. The fraction of sp³-hybridized carbons (Fsp3) is 0.400. The third-order valence-corrected chi connectivity index (χ3v) is 5.60. The van der Waals surface area contributed by atoms with Crippen LogP contribution in [0.2, 0.25) is 0 Å². The summed E-state index contributed by atoms with van der Waals surface area (Å²) in [5.41, 5.74) is 1.25. The van der Waals surface area contributed by atoms with Gasteiger partial charge in [-0.25, -0.2) is 13.1 Å². The zero-order valence-electron chi connectivity index (χ0n) is 16.6. The lowest BCUT2D eigenvalue weighted by atomic mass is 10.1. The predicted octanol–water partition coefficient (Wildman–Crippen LogP) is 2.81. The number of rotatable bonds is 10. The van der Waals surface area contributed by atoms with Crippen molar-refractivity contribution in [2.24, 2.45) is 0 Å². The van der Waals surface area contributed by atoms with Crippen molar-refractivity contribution in [2.45, 2.75) is 31.3 Å². The van der Waals surface area contributed by atoms with Crippen LogP contribution in [0.15, 0.2) is 41.3 Å². The fourth-order valence-corrected chi connectivity index (χ4v) is 3.74. The summed E-state index contributed by atoms with van der Waals surface area (Å²) in [6, 6.07) is 9.61. The van der Waals surface area contributed by atoms with Gasteiger partial charge in [-0.05, 0) is 54.8 Å². The van der Waals surface area contributed by atoms with Gasteiger partial charge < -0.3 is 19.3 Å². The molecule has 0 aliphatic rings. The summed E-state index contributed by atoms with van der Waals surface area (Å²) in [5.74, 6) is 1.64. The number of aryl methyl sites for hydroxylation is 1. The lowest BCUT2D eigenvalue weighted by molar-refractivity contribution is 0.181. The van der Waals surface area contributed by atoms with Crippen molar-refractivity contribution < 1.29 is 27.7 Å². The molecule has 0 amide bonds. The first-order valence-corrected chi connectivity index (χ1v) is 10.4. The Bertz CT molecular complexity index is 898. The highest BCUT2D eigenvalue weighted by molar-refractivity contribution is 7.89. The van der Waals surface area contributed by atoms with Crippen LogP contribution in [-0.2, 0) is 10.0 Å². The van der Waals surface area contributed by atoms with Crippen LogP contribution in [0.3, 0.4) is 0 Å². The Kier molecular flexibility index (Phi) is 7.68. The molecule has 0 saturated heterocycles. The zero-order valence-corrected chi connectivity index (χ0v) is 17.4. The molecule has 28 heavy (non-hydrogen) atoms. The molecule has 1 atom stereocenters. The van der Waals surface area contributed by atoms with Crippen molar-refractivity contribution >= 4 is 10.0 Å². The molecule has 0 aliphatic carbocycles. The van der Waals surface area contributed by atoms with Gasteiger partial charge in [0.1, 0.15) is 5.75 Å². The lowest BCUT2D eigenvalue weighted by Gasteiger charge is -2.16. The zero-order chi connectivity index (χ0) is 20.7. The van der Waals surface area contributed by atoms with Gasteiger partial charge in [-0.15, -0.1) is 0 Å². The van der Waals surface area contributed by atoms with Crippen LogP contribution in [-0.4, -0.2) is 40.9 Å². The fourth-order valence-electron chi connectivity index (χ4n) is 2.61. The number of aliphatic hydroxyl groups is 1. The van der Waals surface area contributed by atoms with Gasteiger partial charge in [0, 0.05) is 6.54 Å². The molecule has 0 fully saturated rings. The molecule has 0 aliphatic heterocycles. The van der Waals surface area contributed by atoms with Crippen molar-refractivity contribution in [1.82, 2.24) is 4.72 Å². The van der Waals surface area contributed by atoms with Crippen LogP contribution in [0.25, 0.3) is 0 Å². The van der Waals surface area contributed by atoms with E-state index in [1.165, 1.54) is 20.3 Å². The first kappa shape index (κ1) is 22.0. The summed E-state index contributed by atoms with van der Waals surface area (Å²) in [5, 5.41) is 10.4. The van der Waals surface area contributed by atoms with Crippen molar-refractivity contribution in [1.29, 1.82) is 0 Å². The van der Waals surface area contributed by atoms with Gasteiger partial charge in [0.05, 0.1) is 31.8 Å². The number of benzene rings is 2. The molecule has 0 aromatic heterocycles. The van der Waals surface area contributed by atoms with E-state index in [2.05, 4.69) is 4.72 Å². The largest absolute Gasteiger partial charge is 0.493 e. The highest BCUT2D eigenvalue weighted by atomic mass is 32.2. The first-order chi connectivity index (χ1) is 13.3. The van der Waals surface area contributed by atoms with Gasteiger partial charge in [-0.3, -0.25) is 0 Å². The van der Waals surface area contributed by atoms with E-state index in [4.69, 9.17) is 14.2 Å². The predicted molar refractivity (Wildman–Crippen MR) is 107 cm³/mol. The smallest absolute Gasteiger partial charge is 0.240 e. The summed E-state index contributed by atoms with van der Waals surface area (Å²) >= 11 is 0. The van der Waals surface area contributed by atoms with Crippen molar-refractivity contribution in [3.05, 3.63) is 47.5 Å². The summed E-state index contributed by atoms with van der Waals surface area (Å²) in [6.45, 7) is 4.19. The van der Waals surface area contributed by atoms with E-state index < -0.39 is 16.1 Å². The Labute approximate surface area is 166 Å². The monoisotopic (exact) mass is 409 g/mol. The normalized spacial score (nSPS) is 12.5. The molecular weight excluding hydrogens is 382 g/mol. The maximum atomic E-state index is 12.6. The minimum Gasteiger partial charge on any atom is -0.493 e. The number of hydrogen-bond acceptors (Lipinski definition) is 6. The number of methoxy groups -OCH3 is 2. The van der Waals surface area contributed by atoms with Crippen LogP contribution in [0.4, 0.5) is 0 Å². The second-order valence-electron chi connectivity index (χ2n) is 6.26. The molecule has 2 rings (SSSR count). The van der Waals surface area contributed by atoms with Crippen molar-refractivity contribution in [3.63, 3.8) is 0 Å². The number of aliphatic hydroxyl groups excluding tert-OH is 1. The molecule has 2 aromatic carbocycles. The van der Waals surface area contributed by atoms with Gasteiger partial charge in [-0.1, -0.05) is 13.0 Å². The molecule has 0 heterocycles. The molecule has 2 N–H and O–H groups in total. The maximum Gasteiger partial charge on any atom is 0.240 e. The Morgan fingerprint density at radius 1 is 1.04 bits per heavy atom. The van der Waals surface area contributed by atoms with Crippen LogP contribution in [0.5, 0.6) is 17.2 Å². The van der Waals surface area contributed by atoms with E-state index in [1.54, 1.807) is 37.3 Å². The SMILES string of the molecule is CCCOc1ccc(S(=O)(=O)NC[C@@H](O)c2ccc(OC)c(OC)c2)cc1C. The van der Waals surface area contributed by atoms with Crippen molar-refractivity contribution in [2.75, 3.05) is 27.4 Å². The van der Waals surface area contributed by atoms with Crippen LogP contribution < -0.4 is 18.9 Å². The molecular formula is C20H27NO6S. The Morgan fingerprint density at radius 3 is 2.32 bits per heavy atom. The van der Waals surface area contributed by atoms with Crippen LogP contribution in [0, 0.1) is 6.92 Å². The molecule has 2 aromatic rings. The first-order valence-electron chi connectivity index (χ1n) is 8.95. The number of sulfonamides is 1. The molecule has 154 valence electrons. The second kappa shape index (κ2) is 9.77. The Morgan fingerprint density at radius 2 is 1.71 bits per heavy atom. The van der Waals surface area contributed by atoms with Gasteiger partial charge in [-0.2, -0.15) is 0 Å². The third kappa shape index (κ3) is 5.37. The molecule has 0 spiro atoms. The van der Waals surface area contributed by atoms with Gasteiger partial charge in [0.25, 0.3) is 0 Å². The van der Waals surface area contributed by atoms with Crippen LogP contribution >= 0.6 is 0 Å². The average Bonchev–Trinajstić information content (AvgIpc) is 2.70. The average molecular weight is 410 g/mol. The molecule has 0 radical (unpaired) electrons. The summed E-state index contributed by atoms with van der Waals surface area (Å²) in [4.78, 5) is 0.119. The molecule has 0 unspecified atom stereocenters. The van der Waals surface area contributed by atoms with E-state index in [1.807, 2.05) is 6.92 Å². The Balaban J connectivity index is 2.09. The van der Waals surface area contributed by atoms with Gasteiger partial charge in [0.15, 0.2) is 11.5 Å². The third-order valence-electron chi connectivity index (χ3n) is 4.18. The lowest BCUT2D eigenvalue weighted by Crippen LogP contribution is -2.28. The number of hydrogen-bond donors (Lipinski definition) is 2. The molecule has 7 nitrogen and oxygen atoms in total. The topological polar surface area (TPSA) is 94.1 Å². The summed E-state index contributed by atoms with van der Waals surface area (Å²) < 4.78 is 43.5. The minimum absolute atomic E-state index is 0.119. The standard InChI is InChI=1S/C20H27NO6S/c1-5-10-27-18-9-7-16(11-14(18)2)28(23,24)21-13-17(22)15-6-8-19(25-3)20(12-15)26-4/h6-9,11-12,17,21-22H,5,10,13H2,1-4H3/t17-/m1/s1. The Hall–Kier alpha value is -2.29. The van der Waals surface area contributed by atoms with E-state index in [-0.39, 0.29) is 11.4 Å². The van der Waals surface area contributed by atoms with E-state index in [9.17, 15) is 13.5 Å². The minimum atomic E-state index is -3.77. The second-order valence-corrected chi connectivity index (χ2v) is 8.02. The molecule has 8 heteroatoms. The number of ether oxygens (including phenoxy) is 3. The van der Waals surface area contributed by atoms with E-state index in [0.717, 1.165) is 12.0 Å². The highest BCUT2D eigenvalue weighted by Gasteiger charge is 2.19. The van der Waals surface area contributed by atoms with Gasteiger partial charge in [0.2, 0.25) is 10.0 Å². The van der Waals surface area contributed by atoms with E-state index in [0.29, 0.717) is 29.4 Å². The molecule has 0 saturated carbocycles.